The summed E-state index contributed by atoms with van der Waals surface area (Å²) in [6.07, 6.45) is 3.84. The zero-order chi connectivity index (χ0) is 19.9. The molecule has 2 atom stereocenters. The molecular formula is C22H26ClN3O2. The molecule has 5 nitrogen and oxygen atoms in total. The number of nitrogens with zero attached hydrogens (tertiary/aromatic N) is 2. The highest BCUT2D eigenvalue weighted by Gasteiger charge is 2.32. The predicted molar refractivity (Wildman–Crippen MR) is 110 cm³/mol. The first-order valence-corrected chi connectivity index (χ1v) is 10.2. The van der Waals surface area contributed by atoms with Crippen LogP contribution in [0.1, 0.15) is 42.1 Å². The van der Waals surface area contributed by atoms with Crippen LogP contribution < -0.4 is 5.32 Å². The first-order chi connectivity index (χ1) is 13.6. The molecule has 3 rings (SSSR count). The van der Waals surface area contributed by atoms with Gasteiger partial charge in [-0.2, -0.15) is 0 Å². The van der Waals surface area contributed by atoms with E-state index in [4.69, 9.17) is 11.6 Å². The van der Waals surface area contributed by atoms with Gasteiger partial charge in [-0.1, -0.05) is 55.3 Å². The number of piperidine rings is 1. The quantitative estimate of drug-likeness (QED) is 0.748. The SMILES string of the molecule is CC[C@@H]1CN(C(=O)c2ccnc(Cl)c2)CC[C@H]1CC(=O)NCc1ccccc1. The van der Waals surface area contributed by atoms with E-state index in [0.29, 0.717) is 48.6 Å². The van der Waals surface area contributed by atoms with Gasteiger partial charge in [0.15, 0.2) is 0 Å². The van der Waals surface area contributed by atoms with Gasteiger partial charge in [0.2, 0.25) is 5.91 Å². The van der Waals surface area contributed by atoms with Crippen molar-refractivity contribution in [3.63, 3.8) is 0 Å². The maximum Gasteiger partial charge on any atom is 0.254 e. The lowest BCUT2D eigenvalue weighted by atomic mass is 9.81. The van der Waals surface area contributed by atoms with Crippen LogP contribution in [0.25, 0.3) is 0 Å². The molecule has 1 saturated heterocycles. The average molecular weight is 400 g/mol. The van der Waals surface area contributed by atoms with E-state index in [2.05, 4.69) is 17.2 Å². The summed E-state index contributed by atoms with van der Waals surface area (Å²) in [5.74, 6) is 0.672. The molecule has 1 aromatic carbocycles. The van der Waals surface area contributed by atoms with E-state index >= 15 is 0 Å². The normalized spacial score (nSPS) is 19.3. The Kier molecular flexibility index (Phi) is 7.04. The Morgan fingerprint density at radius 3 is 2.71 bits per heavy atom. The van der Waals surface area contributed by atoms with E-state index in [1.807, 2.05) is 35.2 Å². The number of amides is 2. The van der Waals surface area contributed by atoms with E-state index in [1.54, 1.807) is 18.3 Å². The van der Waals surface area contributed by atoms with Gasteiger partial charge in [-0.3, -0.25) is 9.59 Å². The van der Waals surface area contributed by atoms with Crippen molar-refractivity contribution in [2.75, 3.05) is 13.1 Å². The molecule has 1 N–H and O–H groups in total. The molecule has 6 heteroatoms. The molecule has 0 aliphatic carbocycles. The van der Waals surface area contributed by atoms with E-state index in [0.717, 1.165) is 18.4 Å². The van der Waals surface area contributed by atoms with Crippen molar-refractivity contribution in [3.05, 3.63) is 64.9 Å². The molecule has 1 fully saturated rings. The topological polar surface area (TPSA) is 62.3 Å². The molecule has 1 aromatic heterocycles. The lowest BCUT2D eigenvalue weighted by molar-refractivity contribution is -0.123. The number of benzene rings is 1. The van der Waals surface area contributed by atoms with Gasteiger partial charge < -0.3 is 10.2 Å². The van der Waals surface area contributed by atoms with Crippen LogP contribution in [0.5, 0.6) is 0 Å². The maximum atomic E-state index is 12.8. The van der Waals surface area contributed by atoms with Crippen molar-refractivity contribution in [2.45, 2.75) is 32.7 Å². The number of halogens is 1. The summed E-state index contributed by atoms with van der Waals surface area (Å²) in [5, 5.41) is 3.34. The summed E-state index contributed by atoms with van der Waals surface area (Å²) in [6, 6.07) is 13.2. The molecule has 0 radical (unpaired) electrons. The summed E-state index contributed by atoms with van der Waals surface area (Å²) >= 11 is 5.91. The zero-order valence-corrected chi connectivity index (χ0v) is 16.9. The average Bonchev–Trinajstić information content (AvgIpc) is 2.73. The first kappa shape index (κ1) is 20.3. The Bertz CT molecular complexity index is 812. The highest BCUT2D eigenvalue weighted by molar-refractivity contribution is 6.29. The number of nitrogens with one attached hydrogen (secondary N) is 1. The zero-order valence-electron chi connectivity index (χ0n) is 16.1. The van der Waals surface area contributed by atoms with Gasteiger partial charge in [0.05, 0.1) is 0 Å². The summed E-state index contributed by atoms with van der Waals surface area (Å²) in [4.78, 5) is 31.0. The van der Waals surface area contributed by atoms with E-state index < -0.39 is 0 Å². The van der Waals surface area contributed by atoms with Crippen molar-refractivity contribution in [2.24, 2.45) is 11.8 Å². The van der Waals surface area contributed by atoms with Gasteiger partial charge >= 0.3 is 0 Å². The van der Waals surface area contributed by atoms with Crippen molar-refractivity contribution < 1.29 is 9.59 Å². The van der Waals surface area contributed by atoms with Gasteiger partial charge in [0, 0.05) is 37.8 Å². The van der Waals surface area contributed by atoms with Gasteiger partial charge in [-0.15, -0.1) is 0 Å². The van der Waals surface area contributed by atoms with Crippen LogP contribution in [0.2, 0.25) is 5.15 Å². The minimum Gasteiger partial charge on any atom is -0.352 e. The molecule has 1 aliphatic rings. The van der Waals surface area contributed by atoms with Crippen molar-refractivity contribution in [1.82, 2.24) is 15.2 Å². The molecular weight excluding hydrogens is 374 g/mol. The summed E-state index contributed by atoms with van der Waals surface area (Å²) in [5.41, 5.74) is 1.66. The number of hydrogen-bond acceptors (Lipinski definition) is 3. The van der Waals surface area contributed by atoms with Crippen LogP contribution >= 0.6 is 11.6 Å². The number of aromatic nitrogens is 1. The van der Waals surface area contributed by atoms with Crippen LogP contribution in [0.3, 0.4) is 0 Å². The Morgan fingerprint density at radius 1 is 1.21 bits per heavy atom. The van der Waals surface area contributed by atoms with Crippen molar-refractivity contribution >= 4 is 23.4 Å². The molecule has 0 unspecified atom stereocenters. The van der Waals surface area contributed by atoms with Crippen molar-refractivity contribution in [1.29, 1.82) is 0 Å². The third-order valence-electron chi connectivity index (χ3n) is 5.46. The number of rotatable bonds is 6. The minimum atomic E-state index is -0.0188. The lowest BCUT2D eigenvalue weighted by Crippen LogP contribution is -2.44. The van der Waals surface area contributed by atoms with Crippen LogP contribution in [0.4, 0.5) is 0 Å². The third kappa shape index (κ3) is 5.32. The smallest absolute Gasteiger partial charge is 0.254 e. The molecule has 1 aliphatic heterocycles. The second kappa shape index (κ2) is 9.69. The fourth-order valence-electron chi connectivity index (χ4n) is 3.82. The second-order valence-electron chi connectivity index (χ2n) is 7.30. The number of pyridine rings is 1. The van der Waals surface area contributed by atoms with Crippen molar-refractivity contribution in [3.8, 4) is 0 Å². The first-order valence-electron chi connectivity index (χ1n) is 9.78. The summed E-state index contributed by atoms with van der Waals surface area (Å²) in [6.45, 7) is 4.01. The number of carbonyl (C=O) groups is 2. The van der Waals surface area contributed by atoms with E-state index in [1.165, 1.54) is 0 Å². The van der Waals surface area contributed by atoms with Gasteiger partial charge in [-0.05, 0) is 36.0 Å². The Balaban J connectivity index is 1.54. The summed E-state index contributed by atoms with van der Waals surface area (Å²) in [7, 11) is 0. The largest absolute Gasteiger partial charge is 0.352 e. The standard InChI is InChI=1S/C22H26ClN3O2/c1-2-17-15-26(22(28)19-8-10-24-20(23)12-19)11-9-18(17)13-21(27)25-14-16-6-4-3-5-7-16/h3-8,10,12,17-18H,2,9,11,13-15H2,1H3,(H,25,27)/t17-,18+/m1/s1. The number of likely N-dealkylation sites (tertiary alicyclic amines) is 1. The molecule has 0 saturated carbocycles. The molecule has 0 spiro atoms. The van der Waals surface area contributed by atoms with Gasteiger partial charge in [0.25, 0.3) is 5.91 Å². The predicted octanol–water partition coefficient (Wildman–Crippen LogP) is 3.93. The molecule has 2 amide bonds. The molecule has 28 heavy (non-hydrogen) atoms. The van der Waals surface area contributed by atoms with Gasteiger partial charge in [-0.25, -0.2) is 4.98 Å². The number of carbonyl (C=O) groups excluding carboxylic acids is 2. The number of hydrogen-bond donors (Lipinski definition) is 1. The van der Waals surface area contributed by atoms with Crippen LogP contribution in [0, 0.1) is 11.8 Å². The monoisotopic (exact) mass is 399 g/mol. The van der Waals surface area contributed by atoms with E-state index in [9.17, 15) is 9.59 Å². The van der Waals surface area contributed by atoms with Crippen LogP contribution in [-0.2, 0) is 11.3 Å². The van der Waals surface area contributed by atoms with Crippen LogP contribution in [0.15, 0.2) is 48.7 Å². The van der Waals surface area contributed by atoms with Crippen LogP contribution in [-0.4, -0.2) is 34.8 Å². The Hall–Kier alpha value is -2.40. The Morgan fingerprint density at radius 2 is 2.00 bits per heavy atom. The fraction of sp³-hybridized carbons (Fsp3) is 0.409. The molecule has 2 heterocycles. The Labute approximate surface area is 171 Å². The summed E-state index contributed by atoms with van der Waals surface area (Å²) < 4.78 is 0. The molecule has 148 valence electrons. The minimum absolute atomic E-state index is 0.0188. The second-order valence-corrected chi connectivity index (χ2v) is 7.69. The molecule has 0 bridgehead atoms. The van der Waals surface area contributed by atoms with Gasteiger partial charge in [0.1, 0.15) is 5.15 Å². The third-order valence-corrected chi connectivity index (χ3v) is 5.66. The molecule has 2 aromatic rings. The lowest BCUT2D eigenvalue weighted by Gasteiger charge is -2.38. The van der Waals surface area contributed by atoms with E-state index in [-0.39, 0.29) is 11.8 Å². The fourth-order valence-corrected chi connectivity index (χ4v) is 4.00. The highest BCUT2D eigenvalue weighted by Crippen LogP contribution is 2.30. The highest BCUT2D eigenvalue weighted by atomic mass is 35.5. The maximum absolute atomic E-state index is 12.8.